The van der Waals surface area contributed by atoms with Crippen LogP contribution < -0.4 is 10.0 Å². The quantitative estimate of drug-likeness (QED) is 0.437. The number of carbonyl (C=O) groups excluding carboxylic acids is 2. The molecule has 0 aromatic heterocycles. The average molecular weight is 438 g/mol. The number of urea groups is 1. The molecule has 0 bridgehead atoms. The van der Waals surface area contributed by atoms with Crippen LogP contribution in [0.3, 0.4) is 0 Å². The summed E-state index contributed by atoms with van der Waals surface area (Å²) >= 11 is 0. The lowest BCUT2D eigenvalue weighted by Gasteiger charge is -2.11. The van der Waals surface area contributed by atoms with Crippen LogP contribution in [0.15, 0.2) is 83.8 Å². The molecular weight excluding hydrogens is 419 g/mol. The zero-order valence-corrected chi connectivity index (χ0v) is 17.3. The van der Waals surface area contributed by atoms with Gasteiger partial charge in [0.2, 0.25) is 0 Å². The van der Waals surface area contributed by atoms with E-state index < -0.39 is 27.7 Å². The fourth-order valence-electron chi connectivity index (χ4n) is 2.73. The number of benzene rings is 3. The van der Waals surface area contributed by atoms with Crippen molar-refractivity contribution in [2.75, 3.05) is 5.32 Å². The number of nitrogens with one attached hydrogen (secondary N) is 2. The van der Waals surface area contributed by atoms with Crippen LogP contribution >= 0.6 is 0 Å². The molecule has 0 aliphatic carbocycles. The number of allylic oxidation sites excluding steroid dienone is 1. The molecule has 3 aromatic rings. The summed E-state index contributed by atoms with van der Waals surface area (Å²) < 4.78 is 39.9. The first-order chi connectivity index (χ1) is 14.7. The van der Waals surface area contributed by atoms with E-state index in [0.29, 0.717) is 5.56 Å². The molecule has 0 radical (unpaired) electrons. The average Bonchev–Trinajstić information content (AvgIpc) is 2.72. The number of rotatable bonds is 6. The first-order valence-corrected chi connectivity index (χ1v) is 10.7. The van der Waals surface area contributed by atoms with Gasteiger partial charge in [0, 0.05) is 5.56 Å². The van der Waals surface area contributed by atoms with E-state index >= 15 is 0 Å². The number of carbonyl (C=O) groups is 2. The Kier molecular flexibility index (Phi) is 6.61. The SMILES string of the molecule is Cc1ccc(S(=O)(=O)NC(=O)Nc2ccccc2C(=O)/C=C/c2cccc(F)c2)cc1. The minimum Gasteiger partial charge on any atom is -0.306 e. The van der Waals surface area contributed by atoms with Gasteiger partial charge >= 0.3 is 6.03 Å². The molecule has 3 aromatic carbocycles. The van der Waals surface area contributed by atoms with Gasteiger partial charge in [0.1, 0.15) is 5.82 Å². The fraction of sp³-hybridized carbons (Fsp3) is 0.0435. The normalized spacial score (nSPS) is 11.3. The highest BCUT2D eigenvalue weighted by Crippen LogP contribution is 2.18. The summed E-state index contributed by atoms with van der Waals surface area (Å²) in [4.78, 5) is 24.8. The molecule has 6 nitrogen and oxygen atoms in total. The van der Waals surface area contributed by atoms with Crippen LogP contribution in [0.25, 0.3) is 6.08 Å². The highest BCUT2D eigenvalue weighted by Gasteiger charge is 2.19. The Hall–Kier alpha value is -3.78. The maximum Gasteiger partial charge on any atom is 0.333 e. The lowest BCUT2D eigenvalue weighted by molar-refractivity contribution is 0.104. The van der Waals surface area contributed by atoms with Crippen molar-refractivity contribution in [3.8, 4) is 0 Å². The molecule has 2 amide bonds. The highest BCUT2D eigenvalue weighted by molar-refractivity contribution is 7.90. The van der Waals surface area contributed by atoms with Gasteiger partial charge in [-0.2, -0.15) is 0 Å². The second-order valence-corrected chi connectivity index (χ2v) is 8.35. The van der Waals surface area contributed by atoms with Crippen molar-refractivity contribution in [2.24, 2.45) is 0 Å². The van der Waals surface area contributed by atoms with Gasteiger partial charge in [0.05, 0.1) is 10.6 Å². The van der Waals surface area contributed by atoms with E-state index in [1.54, 1.807) is 30.3 Å². The van der Waals surface area contributed by atoms with Crippen LogP contribution in [0.1, 0.15) is 21.5 Å². The van der Waals surface area contributed by atoms with Gasteiger partial charge in [-0.1, -0.05) is 48.0 Å². The van der Waals surface area contributed by atoms with Gasteiger partial charge in [-0.05, 0) is 55.0 Å². The van der Waals surface area contributed by atoms with Gasteiger partial charge in [-0.25, -0.2) is 22.3 Å². The Morgan fingerprint density at radius 2 is 1.65 bits per heavy atom. The third kappa shape index (κ3) is 5.86. The lowest BCUT2D eigenvalue weighted by Crippen LogP contribution is -2.34. The largest absolute Gasteiger partial charge is 0.333 e. The van der Waals surface area contributed by atoms with E-state index in [1.807, 2.05) is 11.6 Å². The molecule has 3 rings (SSSR count). The lowest BCUT2D eigenvalue weighted by atomic mass is 10.1. The third-order valence-electron chi connectivity index (χ3n) is 4.27. The van der Waals surface area contributed by atoms with Crippen LogP contribution in [0, 0.1) is 12.7 Å². The van der Waals surface area contributed by atoms with Crippen molar-refractivity contribution in [1.82, 2.24) is 4.72 Å². The number of ketones is 1. The minimum absolute atomic E-state index is 0.0596. The van der Waals surface area contributed by atoms with Crippen LogP contribution in [-0.2, 0) is 10.0 Å². The molecule has 8 heteroatoms. The number of sulfonamides is 1. The Morgan fingerprint density at radius 1 is 0.935 bits per heavy atom. The van der Waals surface area contributed by atoms with Crippen molar-refractivity contribution < 1.29 is 22.4 Å². The molecule has 0 saturated heterocycles. The summed E-state index contributed by atoms with van der Waals surface area (Å²) in [6.07, 6.45) is 2.69. The Balaban J connectivity index is 1.74. The molecule has 0 unspecified atom stereocenters. The van der Waals surface area contributed by atoms with Crippen molar-refractivity contribution in [1.29, 1.82) is 0 Å². The van der Waals surface area contributed by atoms with Gasteiger partial charge in [0.15, 0.2) is 5.78 Å². The summed E-state index contributed by atoms with van der Waals surface area (Å²) in [5.74, 6) is -0.871. The van der Waals surface area contributed by atoms with Crippen LogP contribution in [0.5, 0.6) is 0 Å². The fourth-order valence-corrected chi connectivity index (χ4v) is 3.63. The summed E-state index contributed by atoms with van der Waals surface area (Å²) in [7, 11) is -4.08. The standard InChI is InChI=1S/C23H19FN2O4S/c1-16-9-12-19(13-10-16)31(29,30)26-23(28)25-21-8-3-2-7-20(21)22(27)14-11-17-5-4-6-18(24)15-17/h2-15H,1H3,(H2,25,26,28)/b14-11+. The molecule has 0 saturated carbocycles. The number of para-hydroxylation sites is 1. The molecule has 2 N–H and O–H groups in total. The number of hydrogen-bond acceptors (Lipinski definition) is 4. The van der Waals surface area contributed by atoms with Crippen molar-refractivity contribution in [2.45, 2.75) is 11.8 Å². The van der Waals surface area contributed by atoms with Gasteiger partial charge in [-0.3, -0.25) is 4.79 Å². The summed E-state index contributed by atoms with van der Waals surface area (Å²) in [6, 6.07) is 16.9. The maximum absolute atomic E-state index is 13.3. The van der Waals surface area contributed by atoms with Crippen molar-refractivity contribution >= 4 is 33.6 Å². The van der Waals surface area contributed by atoms with Gasteiger partial charge in [-0.15, -0.1) is 0 Å². The maximum atomic E-state index is 13.3. The summed E-state index contributed by atoms with van der Waals surface area (Å²) in [6.45, 7) is 1.81. The molecule has 0 atom stereocenters. The number of amides is 2. The number of halogens is 1. The Morgan fingerprint density at radius 3 is 2.35 bits per heavy atom. The first kappa shape index (κ1) is 21.9. The predicted octanol–water partition coefficient (Wildman–Crippen LogP) is 4.54. The summed E-state index contributed by atoms with van der Waals surface area (Å²) in [5, 5.41) is 2.39. The minimum atomic E-state index is -4.08. The van der Waals surface area contributed by atoms with Crippen LogP contribution in [-0.4, -0.2) is 20.2 Å². The third-order valence-corrected chi connectivity index (χ3v) is 5.62. The Bertz CT molecular complexity index is 1250. The smallest absolute Gasteiger partial charge is 0.306 e. The summed E-state index contributed by atoms with van der Waals surface area (Å²) in [5.41, 5.74) is 1.66. The number of anilines is 1. The molecule has 0 heterocycles. The second-order valence-electron chi connectivity index (χ2n) is 6.67. The zero-order chi connectivity index (χ0) is 22.4. The van der Waals surface area contributed by atoms with Crippen molar-refractivity contribution in [3.05, 3.63) is 101 Å². The molecule has 158 valence electrons. The predicted molar refractivity (Wildman–Crippen MR) is 117 cm³/mol. The zero-order valence-electron chi connectivity index (χ0n) is 16.5. The van der Waals surface area contributed by atoms with E-state index in [9.17, 15) is 22.4 Å². The van der Waals surface area contributed by atoms with Crippen LogP contribution in [0.4, 0.5) is 14.9 Å². The van der Waals surface area contributed by atoms with Crippen molar-refractivity contribution in [3.63, 3.8) is 0 Å². The number of aryl methyl sites for hydroxylation is 1. The van der Waals surface area contributed by atoms with Crippen LogP contribution in [0.2, 0.25) is 0 Å². The molecule has 31 heavy (non-hydrogen) atoms. The van der Waals surface area contributed by atoms with Gasteiger partial charge < -0.3 is 5.32 Å². The first-order valence-electron chi connectivity index (χ1n) is 9.22. The van der Waals surface area contributed by atoms with E-state index in [4.69, 9.17) is 0 Å². The van der Waals surface area contributed by atoms with E-state index in [-0.39, 0.29) is 16.1 Å². The van der Waals surface area contributed by atoms with E-state index in [0.717, 1.165) is 5.56 Å². The monoisotopic (exact) mass is 438 g/mol. The van der Waals surface area contributed by atoms with E-state index in [1.165, 1.54) is 54.6 Å². The topological polar surface area (TPSA) is 92.3 Å². The molecule has 0 fully saturated rings. The molecule has 0 spiro atoms. The number of hydrogen-bond donors (Lipinski definition) is 2. The molecular formula is C23H19FN2O4S. The molecule has 0 aliphatic heterocycles. The van der Waals surface area contributed by atoms with Gasteiger partial charge in [0.25, 0.3) is 10.0 Å². The van der Waals surface area contributed by atoms with E-state index in [2.05, 4.69) is 5.32 Å². The second kappa shape index (κ2) is 9.36. The molecule has 0 aliphatic rings. The highest BCUT2D eigenvalue weighted by atomic mass is 32.2. The Labute approximate surface area is 179 Å².